The molecule has 132 valence electrons. The largest absolute Gasteiger partial charge is 0.494 e. The number of ether oxygens (including phenoxy) is 1. The molecule has 0 spiro atoms. The minimum atomic E-state index is -1.36. The van der Waals surface area contributed by atoms with E-state index in [1.165, 1.54) is 26.2 Å². The van der Waals surface area contributed by atoms with Gasteiger partial charge in [-0.3, -0.25) is 9.59 Å². The summed E-state index contributed by atoms with van der Waals surface area (Å²) in [7, 11) is 1.32. The van der Waals surface area contributed by atoms with Crippen LogP contribution in [-0.4, -0.2) is 35.4 Å². The fraction of sp³-hybridized carbons (Fsp3) is 0.471. The minimum Gasteiger partial charge on any atom is -0.494 e. The topological polar surface area (TPSA) is 92.7 Å². The number of Topliss-reactive ketones (excluding diaryl/α,β-unsaturated/α-hetero) is 1. The van der Waals surface area contributed by atoms with Crippen molar-refractivity contribution in [1.29, 1.82) is 0 Å². The van der Waals surface area contributed by atoms with Crippen molar-refractivity contribution in [2.24, 2.45) is 0 Å². The van der Waals surface area contributed by atoms with E-state index in [1.807, 2.05) is 6.92 Å². The van der Waals surface area contributed by atoms with Gasteiger partial charge in [0.2, 0.25) is 5.91 Å². The summed E-state index contributed by atoms with van der Waals surface area (Å²) < 4.78 is 18.4. The van der Waals surface area contributed by atoms with Crippen molar-refractivity contribution in [3.05, 3.63) is 29.6 Å². The molecular weight excluding hydrogens is 317 g/mol. The number of carbonyl (C=O) groups excluding carboxylic acids is 2. The summed E-state index contributed by atoms with van der Waals surface area (Å²) in [5, 5.41) is 11.7. The van der Waals surface area contributed by atoms with Gasteiger partial charge >= 0.3 is 5.97 Å². The first-order chi connectivity index (χ1) is 11.2. The Bertz CT molecular complexity index is 631. The first-order valence-electron chi connectivity index (χ1n) is 7.64. The highest BCUT2D eigenvalue weighted by molar-refractivity contribution is 5.98. The van der Waals surface area contributed by atoms with Crippen LogP contribution in [0.4, 0.5) is 4.39 Å². The summed E-state index contributed by atoms with van der Waals surface area (Å²) in [6.07, 6.45) is 0.567. The minimum absolute atomic E-state index is 0.0288. The van der Waals surface area contributed by atoms with Crippen LogP contribution in [0.25, 0.3) is 0 Å². The lowest BCUT2D eigenvalue weighted by molar-refractivity contribution is -0.147. The van der Waals surface area contributed by atoms with E-state index in [9.17, 15) is 23.9 Å². The van der Waals surface area contributed by atoms with Crippen LogP contribution in [0.2, 0.25) is 0 Å². The molecule has 0 heterocycles. The van der Waals surface area contributed by atoms with Crippen LogP contribution in [0.3, 0.4) is 0 Å². The third-order valence-electron chi connectivity index (χ3n) is 3.69. The van der Waals surface area contributed by atoms with Crippen molar-refractivity contribution < 1.29 is 28.6 Å². The van der Waals surface area contributed by atoms with Gasteiger partial charge in [-0.2, -0.15) is 0 Å². The number of hydrogen-bond acceptors (Lipinski definition) is 4. The Morgan fingerprint density at radius 1 is 1.29 bits per heavy atom. The maximum absolute atomic E-state index is 13.6. The standard InChI is InChI=1S/C17H22FNO5/c1-4-9-17(2,16(22)23)19-15(21)8-6-13(20)11-5-7-14(24-3)12(18)10-11/h5,7,10H,4,6,8-9H2,1-3H3,(H,19,21)(H,22,23). The van der Waals surface area contributed by atoms with E-state index in [0.29, 0.717) is 6.42 Å². The molecule has 7 heteroatoms. The smallest absolute Gasteiger partial charge is 0.329 e. The van der Waals surface area contributed by atoms with Gasteiger partial charge in [0.25, 0.3) is 0 Å². The van der Waals surface area contributed by atoms with Gasteiger partial charge in [0, 0.05) is 18.4 Å². The summed E-state index contributed by atoms with van der Waals surface area (Å²) >= 11 is 0. The molecule has 0 radical (unpaired) electrons. The highest BCUT2D eigenvalue weighted by atomic mass is 19.1. The summed E-state index contributed by atoms with van der Waals surface area (Å²) in [6, 6.07) is 3.81. The summed E-state index contributed by atoms with van der Waals surface area (Å²) in [5.41, 5.74) is -1.23. The molecule has 0 aliphatic heterocycles. The molecule has 6 nitrogen and oxygen atoms in total. The Hall–Kier alpha value is -2.44. The van der Waals surface area contributed by atoms with Crippen molar-refractivity contribution in [3.63, 3.8) is 0 Å². The van der Waals surface area contributed by atoms with Crippen LogP contribution in [0, 0.1) is 5.82 Å². The monoisotopic (exact) mass is 339 g/mol. The van der Waals surface area contributed by atoms with Crippen LogP contribution in [0.1, 0.15) is 49.9 Å². The zero-order valence-corrected chi connectivity index (χ0v) is 14.0. The van der Waals surface area contributed by atoms with E-state index in [0.717, 1.165) is 6.07 Å². The lowest BCUT2D eigenvalue weighted by atomic mass is 9.96. The van der Waals surface area contributed by atoms with Gasteiger partial charge in [-0.05, 0) is 31.5 Å². The molecule has 1 amide bonds. The zero-order valence-electron chi connectivity index (χ0n) is 14.0. The molecule has 0 bridgehead atoms. The van der Waals surface area contributed by atoms with Crippen molar-refractivity contribution in [2.75, 3.05) is 7.11 Å². The number of methoxy groups -OCH3 is 1. The number of aliphatic carboxylic acids is 1. The number of carboxylic acid groups (broad SMARTS) is 1. The van der Waals surface area contributed by atoms with Crippen LogP contribution in [0.5, 0.6) is 5.75 Å². The number of carbonyl (C=O) groups is 3. The van der Waals surface area contributed by atoms with Crippen molar-refractivity contribution >= 4 is 17.7 Å². The van der Waals surface area contributed by atoms with Crippen molar-refractivity contribution in [1.82, 2.24) is 5.32 Å². The second-order valence-corrected chi connectivity index (χ2v) is 5.71. The molecule has 0 aliphatic rings. The number of rotatable bonds is 9. The SMILES string of the molecule is CCCC(C)(NC(=O)CCC(=O)c1ccc(OC)c(F)c1)C(=O)O. The van der Waals surface area contributed by atoms with E-state index in [2.05, 4.69) is 5.32 Å². The molecule has 1 unspecified atom stereocenters. The number of carboxylic acids is 1. The summed E-state index contributed by atoms with van der Waals surface area (Å²) in [5.74, 6) is -2.69. The van der Waals surface area contributed by atoms with Crippen LogP contribution in [-0.2, 0) is 9.59 Å². The predicted octanol–water partition coefficient (Wildman–Crippen LogP) is 2.56. The molecule has 2 N–H and O–H groups in total. The van der Waals surface area contributed by atoms with Crippen LogP contribution >= 0.6 is 0 Å². The third kappa shape index (κ3) is 5.04. The fourth-order valence-electron chi connectivity index (χ4n) is 2.30. The predicted molar refractivity (Wildman–Crippen MR) is 85.6 cm³/mol. The van der Waals surface area contributed by atoms with Gasteiger partial charge in [0.15, 0.2) is 17.3 Å². The van der Waals surface area contributed by atoms with Crippen molar-refractivity contribution in [3.8, 4) is 5.75 Å². The molecular formula is C17H22FNO5. The molecule has 0 aromatic heterocycles. The van der Waals surface area contributed by atoms with Gasteiger partial charge in [0.1, 0.15) is 5.54 Å². The second-order valence-electron chi connectivity index (χ2n) is 5.71. The molecule has 1 aromatic rings. The van der Waals surface area contributed by atoms with Gasteiger partial charge in [-0.1, -0.05) is 13.3 Å². The zero-order chi connectivity index (χ0) is 18.3. The number of amides is 1. The lowest BCUT2D eigenvalue weighted by Gasteiger charge is -2.25. The molecule has 1 rings (SSSR count). The van der Waals surface area contributed by atoms with Crippen LogP contribution < -0.4 is 10.1 Å². The number of benzene rings is 1. The van der Waals surface area contributed by atoms with E-state index in [1.54, 1.807) is 0 Å². The summed E-state index contributed by atoms with van der Waals surface area (Å²) in [6.45, 7) is 3.24. The highest BCUT2D eigenvalue weighted by Crippen LogP contribution is 2.19. The second kappa shape index (κ2) is 8.42. The lowest BCUT2D eigenvalue weighted by Crippen LogP contribution is -2.52. The van der Waals surface area contributed by atoms with E-state index in [-0.39, 0.29) is 30.6 Å². The number of hydrogen-bond donors (Lipinski definition) is 2. The number of ketones is 1. The Morgan fingerprint density at radius 3 is 2.46 bits per heavy atom. The Balaban J connectivity index is 2.65. The first kappa shape index (κ1) is 19.6. The highest BCUT2D eigenvalue weighted by Gasteiger charge is 2.33. The summed E-state index contributed by atoms with van der Waals surface area (Å²) in [4.78, 5) is 35.2. The maximum Gasteiger partial charge on any atom is 0.329 e. The molecule has 0 fully saturated rings. The first-order valence-corrected chi connectivity index (χ1v) is 7.64. The van der Waals surface area contributed by atoms with Gasteiger partial charge in [-0.25, -0.2) is 9.18 Å². The third-order valence-corrected chi connectivity index (χ3v) is 3.69. The number of halogens is 1. The average molecular weight is 339 g/mol. The Labute approximate surface area is 140 Å². The molecule has 0 aliphatic carbocycles. The molecule has 1 aromatic carbocycles. The maximum atomic E-state index is 13.6. The molecule has 24 heavy (non-hydrogen) atoms. The number of nitrogens with one attached hydrogen (secondary N) is 1. The van der Waals surface area contributed by atoms with Gasteiger partial charge in [0.05, 0.1) is 7.11 Å². The Kier molecular flexibility index (Phi) is 6.88. The van der Waals surface area contributed by atoms with Crippen molar-refractivity contribution in [2.45, 2.75) is 45.1 Å². The fourth-order valence-corrected chi connectivity index (χ4v) is 2.30. The molecule has 1 atom stereocenters. The van der Waals surface area contributed by atoms with E-state index < -0.39 is 29.0 Å². The van der Waals surface area contributed by atoms with Crippen LogP contribution in [0.15, 0.2) is 18.2 Å². The van der Waals surface area contributed by atoms with E-state index >= 15 is 0 Å². The van der Waals surface area contributed by atoms with Gasteiger partial charge in [-0.15, -0.1) is 0 Å². The van der Waals surface area contributed by atoms with Gasteiger partial charge < -0.3 is 15.2 Å². The average Bonchev–Trinajstić information content (AvgIpc) is 2.52. The van der Waals surface area contributed by atoms with E-state index in [4.69, 9.17) is 4.74 Å². The molecule has 0 saturated heterocycles. The quantitative estimate of drug-likeness (QED) is 0.675. The Morgan fingerprint density at radius 2 is 1.96 bits per heavy atom. The molecule has 0 saturated carbocycles. The normalized spacial score (nSPS) is 13.0.